The SMILES string of the molecule is CCN(CCCCl)C(=O)CSC. The number of halogens is 1. The van der Waals surface area contributed by atoms with Crippen molar-refractivity contribution in [2.75, 3.05) is 31.0 Å². The molecule has 0 N–H and O–H groups in total. The van der Waals surface area contributed by atoms with Gasteiger partial charge in [-0.2, -0.15) is 11.8 Å². The van der Waals surface area contributed by atoms with Crippen molar-refractivity contribution < 1.29 is 4.79 Å². The Bertz CT molecular complexity index is 132. The van der Waals surface area contributed by atoms with Crippen molar-refractivity contribution in [2.45, 2.75) is 13.3 Å². The predicted molar refractivity (Wildman–Crippen MR) is 56.0 cm³/mol. The van der Waals surface area contributed by atoms with E-state index < -0.39 is 0 Å². The first-order valence-electron chi connectivity index (χ1n) is 4.09. The standard InChI is InChI=1S/C8H16ClNOS/c1-3-10(6-4-5-9)8(11)7-12-2/h3-7H2,1-2H3. The average Bonchev–Trinajstić information content (AvgIpc) is 2.06. The van der Waals surface area contributed by atoms with E-state index >= 15 is 0 Å². The molecule has 72 valence electrons. The zero-order valence-corrected chi connectivity index (χ0v) is 9.25. The fourth-order valence-electron chi connectivity index (χ4n) is 0.925. The molecule has 0 spiro atoms. The Balaban J connectivity index is 3.71. The maximum atomic E-state index is 11.3. The highest BCUT2D eigenvalue weighted by atomic mass is 35.5. The number of hydrogen-bond acceptors (Lipinski definition) is 2. The van der Waals surface area contributed by atoms with E-state index in [0.29, 0.717) is 11.6 Å². The highest BCUT2D eigenvalue weighted by Crippen LogP contribution is 1.99. The minimum Gasteiger partial charge on any atom is -0.342 e. The van der Waals surface area contributed by atoms with Crippen LogP contribution in [0.15, 0.2) is 0 Å². The van der Waals surface area contributed by atoms with Gasteiger partial charge < -0.3 is 4.90 Å². The number of alkyl halides is 1. The number of rotatable bonds is 6. The van der Waals surface area contributed by atoms with Crippen molar-refractivity contribution in [3.8, 4) is 0 Å². The van der Waals surface area contributed by atoms with Crippen LogP contribution < -0.4 is 0 Å². The molecule has 0 aromatic carbocycles. The number of carbonyl (C=O) groups is 1. The van der Waals surface area contributed by atoms with Crippen molar-refractivity contribution in [3.05, 3.63) is 0 Å². The van der Waals surface area contributed by atoms with E-state index in [2.05, 4.69) is 0 Å². The third-order valence-electron chi connectivity index (χ3n) is 1.56. The Morgan fingerprint density at radius 2 is 2.25 bits per heavy atom. The summed E-state index contributed by atoms with van der Waals surface area (Å²) in [5.74, 6) is 1.43. The quantitative estimate of drug-likeness (QED) is 0.623. The van der Waals surface area contributed by atoms with Crippen LogP contribution in [0.4, 0.5) is 0 Å². The molecule has 0 aliphatic carbocycles. The topological polar surface area (TPSA) is 20.3 Å². The Hall–Kier alpha value is 0.110. The first-order valence-corrected chi connectivity index (χ1v) is 6.01. The lowest BCUT2D eigenvalue weighted by Crippen LogP contribution is -2.33. The average molecular weight is 210 g/mol. The molecular weight excluding hydrogens is 194 g/mol. The second-order valence-electron chi connectivity index (χ2n) is 2.45. The minimum absolute atomic E-state index is 0.218. The summed E-state index contributed by atoms with van der Waals surface area (Å²) in [4.78, 5) is 13.2. The van der Waals surface area contributed by atoms with Crippen LogP contribution >= 0.6 is 23.4 Å². The van der Waals surface area contributed by atoms with Gasteiger partial charge in [0.05, 0.1) is 5.75 Å². The van der Waals surface area contributed by atoms with Crippen LogP contribution in [0.5, 0.6) is 0 Å². The second kappa shape index (κ2) is 7.74. The molecule has 0 heterocycles. The van der Waals surface area contributed by atoms with E-state index in [1.165, 1.54) is 0 Å². The van der Waals surface area contributed by atoms with Gasteiger partial charge in [-0.25, -0.2) is 0 Å². The minimum atomic E-state index is 0.218. The summed E-state index contributed by atoms with van der Waals surface area (Å²) in [5, 5.41) is 0. The van der Waals surface area contributed by atoms with E-state index in [1.807, 2.05) is 18.1 Å². The molecule has 12 heavy (non-hydrogen) atoms. The van der Waals surface area contributed by atoms with Gasteiger partial charge in [-0.05, 0) is 19.6 Å². The molecule has 0 rings (SSSR count). The molecule has 0 saturated heterocycles. The van der Waals surface area contributed by atoms with Crippen LogP contribution in [0.2, 0.25) is 0 Å². The summed E-state index contributed by atoms with van der Waals surface area (Å²) in [6.45, 7) is 3.57. The largest absolute Gasteiger partial charge is 0.342 e. The van der Waals surface area contributed by atoms with Gasteiger partial charge in [-0.15, -0.1) is 11.6 Å². The lowest BCUT2D eigenvalue weighted by Gasteiger charge is -2.19. The summed E-state index contributed by atoms with van der Waals surface area (Å²) in [6.07, 6.45) is 2.82. The molecule has 0 aromatic rings. The summed E-state index contributed by atoms with van der Waals surface area (Å²) in [5.41, 5.74) is 0. The van der Waals surface area contributed by atoms with Crippen LogP contribution in [0.25, 0.3) is 0 Å². The van der Waals surface area contributed by atoms with Gasteiger partial charge in [0.15, 0.2) is 0 Å². The molecule has 0 radical (unpaired) electrons. The normalized spacial score (nSPS) is 9.92. The first-order chi connectivity index (χ1) is 5.76. The number of nitrogens with zero attached hydrogens (tertiary/aromatic N) is 1. The molecular formula is C8H16ClNOS. The Labute approximate surface area is 83.6 Å². The molecule has 1 amide bonds. The van der Waals surface area contributed by atoms with Gasteiger partial charge in [-0.3, -0.25) is 4.79 Å². The maximum absolute atomic E-state index is 11.3. The molecule has 0 aliphatic rings. The summed E-state index contributed by atoms with van der Waals surface area (Å²) in [7, 11) is 0. The molecule has 0 saturated carbocycles. The predicted octanol–water partition coefficient (Wildman–Crippen LogP) is 1.83. The molecule has 0 atom stereocenters. The van der Waals surface area contributed by atoms with E-state index in [4.69, 9.17) is 11.6 Å². The van der Waals surface area contributed by atoms with E-state index in [9.17, 15) is 4.79 Å². The van der Waals surface area contributed by atoms with Crippen LogP contribution in [-0.4, -0.2) is 41.8 Å². The molecule has 0 aromatic heterocycles. The zero-order chi connectivity index (χ0) is 9.40. The number of carbonyl (C=O) groups excluding carboxylic acids is 1. The first kappa shape index (κ1) is 12.1. The summed E-state index contributed by atoms with van der Waals surface area (Å²) < 4.78 is 0. The van der Waals surface area contributed by atoms with Gasteiger partial charge in [0, 0.05) is 19.0 Å². The van der Waals surface area contributed by atoms with E-state index in [1.54, 1.807) is 11.8 Å². The Kier molecular flexibility index (Phi) is 7.81. The van der Waals surface area contributed by atoms with Crippen LogP contribution in [0, 0.1) is 0 Å². The number of thioether (sulfide) groups is 1. The van der Waals surface area contributed by atoms with Gasteiger partial charge in [0.2, 0.25) is 5.91 Å². The maximum Gasteiger partial charge on any atom is 0.232 e. The Morgan fingerprint density at radius 3 is 2.67 bits per heavy atom. The lowest BCUT2D eigenvalue weighted by molar-refractivity contribution is -0.128. The molecule has 0 bridgehead atoms. The zero-order valence-electron chi connectivity index (χ0n) is 7.68. The smallest absolute Gasteiger partial charge is 0.232 e. The second-order valence-corrected chi connectivity index (χ2v) is 3.69. The molecule has 4 heteroatoms. The third-order valence-corrected chi connectivity index (χ3v) is 2.37. The third kappa shape index (κ3) is 4.88. The van der Waals surface area contributed by atoms with Crippen molar-refractivity contribution >= 4 is 29.3 Å². The van der Waals surface area contributed by atoms with E-state index in [-0.39, 0.29) is 5.91 Å². The van der Waals surface area contributed by atoms with Crippen LogP contribution in [-0.2, 0) is 4.79 Å². The summed E-state index contributed by atoms with van der Waals surface area (Å²) >= 11 is 7.10. The molecule has 2 nitrogen and oxygen atoms in total. The lowest BCUT2D eigenvalue weighted by atomic mass is 10.4. The van der Waals surface area contributed by atoms with Crippen LogP contribution in [0.1, 0.15) is 13.3 Å². The van der Waals surface area contributed by atoms with Crippen molar-refractivity contribution in [3.63, 3.8) is 0 Å². The van der Waals surface area contributed by atoms with Gasteiger partial charge in [-0.1, -0.05) is 0 Å². The fraction of sp³-hybridized carbons (Fsp3) is 0.875. The fourth-order valence-corrected chi connectivity index (χ4v) is 1.47. The van der Waals surface area contributed by atoms with Gasteiger partial charge in [0.1, 0.15) is 0 Å². The summed E-state index contributed by atoms with van der Waals surface area (Å²) in [6, 6.07) is 0. The molecule has 0 unspecified atom stereocenters. The van der Waals surface area contributed by atoms with Crippen molar-refractivity contribution in [1.82, 2.24) is 4.90 Å². The monoisotopic (exact) mass is 209 g/mol. The number of amides is 1. The highest BCUT2D eigenvalue weighted by molar-refractivity contribution is 7.99. The van der Waals surface area contributed by atoms with Crippen LogP contribution in [0.3, 0.4) is 0 Å². The highest BCUT2D eigenvalue weighted by Gasteiger charge is 2.08. The van der Waals surface area contributed by atoms with Gasteiger partial charge in [0.25, 0.3) is 0 Å². The molecule has 0 aliphatic heterocycles. The Morgan fingerprint density at radius 1 is 1.58 bits per heavy atom. The van der Waals surface area contributed by atoms with E-state index in [0.717, 1.165) is 19.5 Å². The van der Waals surface area contributed by atoms with Crippen molar-refractivity contribution in [2.24, 2.45) is 0 Å². The number of hydrogen-bond donors (Lipinski definition) is 0. The van der Waals surface area contributed by atoms with Crippen molar-refractivity contribution in [1.29, 1.82) is 0 Å². The molecule has 0 fully saturated rings. The van der Waals surface area contributed by atoms with Gasteiger partial charge >= 0.3 is 0 Å².